The molecule has 0 unspecified atom stereocenters. The van der Waals surface area contributed by atoms with Gasteiger partial charge in [0, 0.05) is 11.8 Å². The fourth-order valence-electron chi connectivity index (χ4n) is 12.4. The number of hydrogen-bond acceptors (Lipinski definition) is 6. The first-order valence-electron chi connectivity index (χ1n) is 15.9. The monoisotopic (exact) mass is 546 g/mol. The molecule has 2 spiro atoms. The van der Waals surface area contributed by atoms with E-state index in [1.807, 2.05) is 0 Å². The Labute approximate surface area is 235 Å². The third kappa shape index (κ3) is 3.38. The molecular weight excluding hydrogens is 492 g/mol. The Hall–Kier alpha value is -0.690. The summed E-state index contributed by atoms with van der Waals surface area (Å²) in [5, 5.41) is 34.3. The Kier molecular flexibility index (Phi) is 6.16. The molecule has 13 atom stereocenters. The third-order valence-electron chi connectivity index (χ3n) is 14.4. The topological polar surface area (TPSA) is 96.2 Å². The number of aliphatic hydroxyl groups excluding tert-OH is 2. The van der Waals surface area contributed by atoms with Crippen molar-refractivity contribution in [2.24, 2.45) is 50.7 Å². The number of aliphatic hydroxyl groups is 3. The van der Waals surface area contributed by atoms with Crippen molar-refractivity contribution >= 4 is 5.97 Å². The van der Waals surface area contributed by atoms with Crippen LogP contribution in [0.25, 0.3) is 0 Å². The Morgan fingerprint density at radius 1 is 1.03 bits per heavy atom. The Balaban J connectivity index is 1.34. The van der Waals surface area contributed by atoms with Crippen LogP contribution < -0.4 is 0 Å². The van der Waals surface area contributed by atoms with Crippen LogP contribution in [-0.2, 0) is 14.3 Å². The number of hydrogen-bond donors (Lipinski definition) is 3. The average molecular weight is 547 g/mol. The molecule has 5 saturated carbocycles. The lowest BCUT2D eigenvalue weighted by molar-refractivity contribution is -0.217. The van der Waals surface area contributed by atoms with Gasteiger partial charge in [0.15, 0.2) is 6.10 Å². The Morgan fingerprint density at radius 3 is 2.31 bits per heavy atom. The van der Waals surface area contributed by atoms with Crippen LogP contribution in [0.15, 0.2) is 0 Å². The van der Waals surface area contributed by atoms with Gasteiger partial charge in [0.1, 0.15) is 0 Å². The minimum atomic E-state index is -1.24. The molecule has 6 heteroatoms. The van der Waals surface area contributed by atoms with Crippen LogP contribution in [0.3, 0.4) is 0 Å². The van der Waals surface area contributed by atoms with Crippen molar-refractivity contribution in [1.29, 1.82) is 0 Å². The molecule has 1 heterocycles. The SMILES string of the molecule is CCC(=O)O[C@@H]([C@H]1C[C@@H](C)[C@H]2[C@H](O1)[C@H](O)[C@@]1(C)[C@@H]3CC[C@H]4C(C)(C)[C@@H](O)CC[C@@]45C[C@@]35CC[C@]21C)C(C)(C)O. The fourth-order valence-corrected chi connectivity index (χ4v) is 12.4. The van der Waals surface area contributed by atoms with E-state index in [1.54, 1.807) is 20.8 Å². The summed E-state index contributed by atoms with van der Waals surface area (Å²) in [6, 6.07) is 0. The first-order valence-corrected chi connectivity index (χ1v) is 15.9. The van der Waals surface area contributed by atoms with Crippen molar-refractivity contribution < 1.29 is 29.6 Å². The molecule has 1 saturated heterocycles. The molecule has 0 amide bonds. The van der Waals surface area contributed by atoms with Gasteiger partial charge in [-0.05, 0) is 111 Å². The smallest absolute Gasteiger partial charge is 0.305 e. The van der Waals surface area contributed by atoms with Gasteiger partial charge in [0.05, 0.1) is 30.0 Å². The molecule has 3 N–H and O–H groups in total. The van der Waals surface area contributed by atoms with Crippen molar-refractivity contribution in [2.45, 2.75) is 149 Å². The molecule has 0 aromatic rings. The van der Waals surface area contributed by atoms with Gasteiger partial charge >= 0.3 is 5.97 Å². The number of carbonyl (C=O) groups excluding carboxylic acids is 1. The summed E-state index contributed by atoms with van der Waals surface area (Å²) < 4.78 is 12.6. The van der Waals surface area contributed by atoms with Gasteiger partial charge < -0.3 is 24.8 Å². The van der Waals surface area contributed by atoms with Crippen molar-refractivity contribution in [3.63, 3.8) is 0 Å². The van der Waals surface area contributed by atoms with E-state index in [4.69, 9.17) is 9.47 Å². The molecule has 0 radical (unpaired) electrons. The summed E-state index contributed by atoms with van der Waals surface area (Å²) in [7, 11) is 0. The minimum absolute atomic E-state index is 0.0397. The predicted octanol–water partition coefficient (Wildman–Crippen LogP) is 5.25. The number of rotatable bonds is 4. The normalized spacial score (nSPS) is 54.3. The largest absolute Gasteiger partial charge is 0.457 e. The van der Waals surface area contributed by atoms with Crippen molar-refractivity contribution in [3.8, 4) is 0 Å². The Bertz CT molecular complexity index is 1020. The molecule has 6 nitrogen and oxygen atoms in total. The number of carbonyl (C=O) groups is 1. The first kappa shape index (κ1) is 28.4. The van der Waals surface area contributed by atoms with E-state index in [1.165, 1.54) is 12.8 Å². The lowest BCUT2D eigenvalue weighted by atomic mass is 9.41. The summed E-state index contributed by atoms with van der Waals surface area (Å²) in [5.41, 5.74) is -1.02. The zero-order valence-electron chi connectivity index (χ0n) is 25.6. The van der Waals surface area contributed by atoms with Gasteiger partial charge in [-0.15, -0.1) is 0 Å². The summed E-state index contributed by atoms with van der Waals surface area (Å²) in [6.45, 7) is 16.8. The second-order valence-electron chi connectivity index (χ2n) is 16.5. The van der Waals surface area contributed by atoms with Gasteiger partial charge in [0.2, 0.25) is 0 Å². The average Bonchev–Trinajstić information content (AvgIpc) is 3.49. The highest BCUT2D eigenvalue weighted by Crippen LogP contribution is 2.89. The molecule has 6 fully saturated rings. The zero-order chi connectivity index (χ0) is 28.6. The summed E-state index contributed by atoms with van der Waals surface area (Å²) in [5.74, 6) is 1.18. The maximum Gasteiger partial charge on any atom is 0.305 e. The quantitative estimate of drug-likeness (QED) is 0.417. The molecule has 6 aliphatic rings. The van der Waals surface area contributed by atoms with E-state index in [-0.39, 0.29) is 58.1 Å². The molecule has 39 heavy (non-hydrogen) atoms. The molecule has 6 rings (SSSR count). The second kappa shape index (κ2) is 8.45. The highest BCUT2D eigenvalue weighted by molar-refractivity contribution is 5.69. The van der Waals surface area contributed by atoms with E-state index in [0.717, 1.165) is 32.1 Å². The zero-order valence-corrected chi connectivity index (χ0v) is 25.6. The molecular formula is C33H54O6. The predicted molar refractivity (Wildman–Crippen MR) is 149 cm³/mol. The van der Waals surface area contributed by atoms with Gasteiger partial charge in [-0.3, -0.25) is 4.79 Å². The van der Waals surface area contributed by atoms with Gasteiger partial charge in [-0.1, -0.05) is 41.5 Å². The van der Waals surface area contributed by atoms with E-state index >= 15 is 0 Å². The van der Waals surface area contributed by atoms with Crippen LogP contribution in [0.2, 0.25) is 0 Å². The minimum Gasteiger partial charge on any atom is -0.457 e. The molecule has 1 aliphatic heterocycles. The van der Waals surface area contributed by atoms with Crippen LogP contribution in [0.4, 0.5) is 0 Å². The molecule has 222 valence electrons. The van der Waals surface area contributed by atoms with Crippen LogP contribution in [0, 0.1) is 50.7 Å². The maximum atomic E-state index is 12.4. The highest BCUT2D eigenvalue weighted by Gasteiger charge is 2.84. The highest BCUT2D eigenvalue weighted by atomic mass is 16.6. The van der Waals surface area contributed by atoms with Crippen LogP contribution in [0.5, 0.6) is 0 Å². The van der Waals surface area contributed by atoms with E-state index in [2.05, 4.69) is 34.6 Å². The van der Waals surface area contributed by atoms with Crippen LogP contribution in [0.1, 0.15) is 113 Å². The number of ether oxygens (including phenoxy) is 2. The lowest BCUT2D eigenvalue weighted by Crippen LogP contribution is -2.59. The number of fused-ring (bicyclic) bond motifs is 4. The van der Waals surface area contributed by atoms with Crippen LogP contribution in [-0.4, -0.2) is 57.4 Å². The van der Waals surface area contributed by atoms with Crippen molar-refractivity contribution in [1.82, 2.24) is 0 Å². The van der Waals surface area contributed by atoms with Crippen molar-refractivity contribution in [3.05, 3.63) is 0 Å². The summed E-state index contributed by atoms with van der Waals surface area (Å²) in [6.07, 6.45) is 6.45. The fraction of sp³-hybridized carbons (Fsp3) is 0.970. The molecule has 0 aromatic carbocycles. The van der Waals surface area contributed by atoms with Gasteiger partial charge in [-0.2, -0.15) is 0 Å². The van der Waals surface area contributed by atoms with Gasteiger partial charge in [-0.25, -0.2) is 0 Å². The maximum absolute atomic E-state index is 12.4. The van der Waals surface area contributed by atoms with Gasteiger partial charge in [0.25, 0.3) is 0 Å². The Morgan fingerprint density at radius 2 is 1.67 bits per heavy atom. The third-order valence-corrected chi connectivity index (χ3v) is 14.4. The first-order chi connectivity index (χ1) is 18.0. The van der Waals surface area contributed by atoms with E-state index < -0.39 is 23.9 Å². The molecule has 0 aromatic heterocycles. The number of esters is 1. The standard InChI is InChI=1S/C33H54O6/c1-9-23(35)39-27(29(5,6)37)19-16-18(2)24-25(38-19)26(36)31(8)21-11-10-20-28(3,4)22(34)12-13-32(20)17-33(21,32)15-14-30(24,31)7/h18-22,24-27,34,36-37H,9-17H2,1-8H3/t18-,19-,20+,21+,22+,24+,25+,26+,27+,30-,31-,32-,33+/m1/s1. The summed E-state index contributed by atoms with van der Waals surface area (Å²) >= 11 is 0. The molecule has 0 bridgehead atoms. The molecule has 5 aliphatic carbocycles. The summed E-state index contributed by atoms with van der Waals surface area (Å²) in [4.78, 5) is 12.3. The van der Waals surface area contributed by atoms with E-state index in [0.29, 0.717) is 23.7 Å². The van der Waals surface area contributed by atoms with Crippen molar-refractivity contribution in [2.75, 3.05) is 0 Å². The second-order valence-corrected chi connectivity index (χ2v) is 16.5. The van der Waals surface area contributed by atoms with Crippen LogP contribution >= 0.6 is 0 Å². The van der Waals surface area contributed by atoms with E-state index in [9.17, 15) is 20.1 Å². The lowest BCUT2D eigenvalue weighted by Gasteiger charge is -2.63.